The number of furan rings is 1. The minimum absolute atomic E-state index is 0.163. The maximum Gasteiger partial charge on any atom is 0.223 e. The van der Waals surface area contributed by atoms with Crippen LogP contribution >= 0.6 is 0 Å². The Bertz CT molecular complexity index is 485. The van der Waals surface area contributed by atoms with Crippen molar-refractivity contribution in [2.75, 3.05) is 45.8 Å². The molecule has 6 heteroatoms. The number of rotatable bonds is 5. The van der Waals surface area contributed by atoms with Crippen LogP contribution in [0.2, 0.25) is 0 Å². The van der Waals surface area contributed by atoms with E-state index in [1.165, 1.54) is 12.8 Å². The van der Waals surface area contributed by atoms with Crippen molar-refractivity contribution in [1.29, 1.82) is 0 Å². The molecule has 23 heavy (non-hydrogen) atoms. The van der Waals surface area contributed by atoms with Crippen LogP contribution in [-0.4, -0.2) is 77.6 Å². The van der Waals surface area contributed by atoms with E-state index in [0.717, 1.165) is 31.9 Å². The van der Waals surface area contributed by atoms with E-state index in [-0.39, 0.29) is 5.91 Å². The van der Waals surface area contributed by atoms with Crippen molar-refractivity contribution in [2.24, 2.45) is 0 Å². The second-order valence-corrected chi connectivity index (χ2v) is 6.61. The molecular formula is C17H27N3O3. The average molecular weight is 321 g/mol. The molecule has 3 heterocycles. The molecule has 1 atom stereocenters. The van der Waals surface area contributed by atoms with Gasteiger partial charge in [-0.3, -0.25) is 9.69 Å². The first-order valence-electron chi connectivity index (χ1n) is 8.63. The predicted octanol–water partition coefficient (Wildman–Crippen LogP) is 0.771. The number of carbonyl (C=O) groups excluding carboxylic acids is 1. The minimum Gasteiger partial charge on any atom is -0.468 e. The van der Waals surface area contributed by atoms with E-state index in [1.807, 2.05) is 17.0 Å². The van der Waals surface area contributed by atoms with Crippen molar-refractivity contribution < 1.29 is 14.3 Å². The molecule has 128 valence electrons. The molecule has 0 aromatic carbocycles. The van der Waals surface area contributed by atoms with Crippen molar-refractivity contribution in [2.45, 2.75) is 31.9 Å². The minimum atomic E-state index is -0.497. The van der Waals surface area contributed by atoms with Crippen molar-refractivity contribution in [3.63, 3.8) is 0 Å². The Morgan fingerprint density at radius 3 is 2.74 bits per heavy atom. The van der Waals surface area contributed by atoms with Crippen molar-refractivity contribution in [3.8, 4) is 0 Å². The average Bonchev–Trinajstić information content (AvgIpc) is 3.19. The van der Waals surface area contributed by atoms with Crippen molar-refractivity contribution in [3.05, 3.63) is 24.2 Å². The topological polar surface area (TPSA) is 60.2 Å². The predicted molar refractivity (Wildman–Crippen MR) is 86.9 cm³/mol. The highest BCUT2D eigenvalue weighted by Gasteiger charge is 2.25. The summed E-state index contributed by atoms with van der Waals surface area (Å²) in [7, 11) is 0. The van der Waals surface area contributed by atoms with Crippen molar-refractivity contribution >= 4 is 5.91 Å². The van der Waals surface area contributed by atoms with E-state index in [4.69, 9.17) is 4.42 Å². The maximum atomic E-state index is 12.4. The highest BCUT2D eigenvalue weighted by atomic mass is 16.3. The molecule has 1 N–H and O–H groups in total. The normalized spacial score (nSPS) is 24.0. The first-order chi connectivity index (χ1) is 11.2. The summed E-state index contributed by atoms with van der Waals surface area (Å²) in [4.78, 5) is 18.8. The van der Waals surface area contributed by atoms with Crippen LogP contribution in [-0.2, 0) is 11.3 Å². The van der Waals surface area contributed by atoms with Crippen LogP contribution in [0.3, 0.4) is 0 Å². The van der Waals surface area contributed by atoms with E-state index >= 15 is 0 Å². The van der Waals surface area contributed by atoms with Gasteiger partial charge in [-0.2, -0.15) is 0 Å². The SMILES string of the molecule is O=C(CCN1CCCC1)N1CCN(Cc2ccco2)C[C@@H](O)C1. The first kappa shape index (κ1) is 16.5. The van der Waals surface area contributed by atoms with E-state index in [0.29, 0.717) is 32.6 Å². The molecule has 6 nitrogen and oxygen atoms in total. The van der Waals surface area contributed by atoms with Gasteiger partial charge in [0.2, 0.25) is 5.91 Å². The third-order valence-corrected chi connectivity index (χ3v) is 4.74. The van der Waals surface area contributed by atoms with E-state index < -0.39 is 6.10 Å². The molecule has 0 bridgehead atoms. The van der Waals surface area contributed by atoms with Crippen LogP contribution in [0.1, 0.15) is 25.0 Å². The number of hydrogen-bond donors (Lipinski definition) is 1. The molecule has 0 radical (unpaired) electrons. The van der Waals surface area contributed by atoms with Gasteiger partial charge in [-0.25, -0.2) is 0 Å². The lowest BCUT2D eigenvalue weighted by atomic mass is 10.3. The summed E-state index contributed by atoms with van der Waals surface area (Å²) in [5, 5.41) is 10.2. The molecule has 0 aliphatic carbocycles. The first-order valence-corrected chi connectivity index (χ1v) is 8.63. The molecule has 1 aromatic rings. The summed E-state index contributed by atoms with van der Waals surface area (Å²) in [6.07, 6.45) is 4.22. The molecule has 2 fully saturated rings. The monoisotopic (exact) mass is 321 g/mol. The van der Waals surface area contributed by atoms with Crippen molar-refractivity contribution in [1.82, 2.24) is 14.7 Å². The second kappa shape index (κ2) is 7.95. The summed E-state index contributed by atoms with van der Waals surface area (Å²) in [6, 6.07) is 3.81. The van der Waals surface area contributed by atoms with Crippen LogP contribution in [0.25, 0.3) is 0 Å². The van der Waals surface area contributed by atoms with Gasteiger partial charge in [-0.05, 0) is 38.1 Å². The van der Waals surface area contributed by atoms with E-state index in [9.17, 15) is 9.90 Å². The molecule has 0 spiro atoms. The van der Waals surface area contributed by atoms with Gasteiger partial charge in [-0.15, -0.1) is 0 Å². The zero-order valence-corrected chi connectivity index (χ0v) is 13.7. The Balaban J connectivity index is 1.47. The lowest BCUT2D eigenvalue weighted by molar-refractivity contribution is -0.132. The van der Waals surface area contributed by atoms with Gasteiger partial charge in [0.1, 0.15) is 5.76 Å². The summed E-state index contributed by atoms with van der Waals surface area (Å²) >= 11 is 0. The largest absolute Gasteiger partial charge is 0.468 e. The van der Waals surface area contributed by atoms with Gasteiger partial charge >= 0.3 is 0 Å². The zero-order chi connectivity index (χ0) is 16.1. The molecule has 1 aromatic heterocycles. The second-order valence-electron chi connectivity index (χ2n) is 6.61. The molecule has 2 aliphatic rings. The van der Waals surface area contributed by atoms with Gasteiger partial charge in [0.25, 0.3) is 0 Å². The lowest BCUT2D eigenvalue weighted by Gasteiger charge is -2.23. The Morgan fingerprint density at radius 2 is 2.00 bits per heavy atom. The standard InChI is InChI=1S/C17H27N3O3/c21-15-12-19(14-16-4-3-11-23-16)9-10-20(13-15)17(22)5-8-18-6-1-2-7-18/h3-4,11,15,21H,1-2,5-10,12-14H2/t15-/m1/s1. The van der Waals surface area contributed by atoms with Gasteiger partial charge in [0, 0.05) is 39.1 Å². The summed E-state index contributed by atoms with van der Waals surface area (Å²) in [6.45, 7) is 6.23. The number of carbonyl (C=O) groups is 1. The number of amides is 1. The number of aliphatic hydroxyl groups is 1. The third-order valence-electron chi connectivity index (χ3n) is 4.74. The maximum absolute atomic E-state index is 12.4. The van der Waals surface area contributed by atoms with Gasteiger partial charge in [-0.1, -0.05) is 0 Å². The van der Waals surface area contributed by atoms with Gasteiger partial charge < -0.3 is 19.3 Å². The van der Waals surface area contributed by atoms with Gasteiger partial charge in [0.05, 0.1) is 18.9 Å². The fourth-order valence-electron chi connectivity index (χ4n) is 3.47. The summed E-state index contributed by atoms with van der Waals surface area (Å²) in [5.41, 5.74) is 0. The number of aliphatic hydroxyl groups excluding tert-OH is 1. The highest BCUT2D eigenvalue weighted by Crippen LogP contribution is 2.12. The molecule has 0 saturated carbocycles. The Labute approximate surface area is 137 Å². The van der Waals surface area contributed by atoms with Crippen LogP contribution < -0.4 is 0 Å². The summed E-state index contributed by atoms with van der Waals surface area (Å²) in [5.74, 6) is 1.06. The molecular weight excluding hydrogens is 294 g/mol. The third kappa shape index (κ3) is 4.80. The number of hydrogen-bond acceptors (Lipinski definition) is 5. The number of β-amino-alcohol motifs (C(OH)–C–C–N with tert-alkyl or cyclic N) is 1. The molecule has 2 aliphatic heterocycles. The Kier molecular flexibility index (Phi) is 5.70. The quantitative estimate of drug-likeness (QED) is 0.868. The molecule has 0 unspecified atom stereocenters. The van der Waals surface area contributed by atoms with Crippen LogP contribution in [0, 0.1) is 0 Å². The van der Waals surface area contributed by atoms with Gasteiger partial charge in [0.15, 0.2) is 0 Å². The fraction of sp³-hybridized carbons (Fsp3) is 0.706. The number of likely N-dealkylation sites (tertiary alicyclic amines) is 1. The highest BCUT2D eigenvalue weighted by molar-refractivity contribution is 5.76. The summed E-state index contributed by atoms with van der Waals surface area (Å²) < 4.78 is 5.37. The molecule has 1 amide bonds. The number of nitrogens with zero attached hydrogens (tertiary/aromatic N) is 3. The molecule has 2 saturated heterocycles. The molecule has 3 rings (SSSR count). The Hall–Kier alpha value is -1.37. The van der Waals surface area contributed by atoms with Crippen LogP contribution in [0.4, 0.5) is 0 Å². The Morgan fingerprint density at radius 1 is 1.17 bits per heavy atom. The fourth-order valence-corrected chi connectivity index (χ4v) is 3.47. The smallest absolute Gasteiger partial charge is 0.223 e. The van der Waals surface area contributed by atoms with Crippen LogP contribution in [0.15, 0.2) is 22.8 Å². The van der Waals surface area contributed by atoms with E-state index in [1.54, 1.807) is 6.26 Å². The van der Waals surface area contributed by atoms with Crippen LogP contribution in [0.5, 0.6) is 0 Å². The lowest BCUT2D eigenvalue weighted by Crippen LogP contribution is -2.39. The zero-order valence-electron chi connectivity index (χ0n) is 13.7. The van der Waals surface area contributed by atoms with E-state index in [2.05, 4.69) is 9.80 Å².